The fourth-order valence-corrected chi connectivity index (χ4v) is 5.47. The number of benzene rings is 2. The Kier molecular flexibility index (Phi) is 16.2. The molecule has 1 N–H and O–H groups in total. The molecule has 0 atom stereocenters. The molecule has 3 rings (SSSR count). The lowest BCUT2D eigenvalue weighted by molar-refractivity contribution is 0.102. The zero-order valence-electron chi connectivity index (χ0n) is 29.0. The first-order valence-electron chi connectivity index (χ1n) is 17.5. The first-order chi connectivity index (χ1) is 22.3. The van der Waals surface area contributed by atoms with Crippen molar-refractivity contribution in [2.45, 2.75) is 118 Å². The molecule has 1 amide bonds. The second kappa shape index (κ2) is 20.3. The summed E-state index contributed by atoms with van der Waals surface area (Å²) < 4.78 is 14.5. The Morgan fingerprint density at radius 2 is 1.50 bits per heavy atom. The normalized spacial score (nSPS) is 11.5. The van der Waals surface area contributed by atoms with E-state index in [-0.39, 0.29) is 17.2 Å². The van der Waals surface area contributed by atoms with Gasteiger partial charge in [-0.15, -0.1) is 0 Å². The number of hydrogen-bond donors (Lipinski definition) is 1. The molecule has 250 valence electrons. The Bertz CT molecular complexity index is 1480. The predicted octanol–water partition coefficient (Wildman–Crippen LogP) is 10.6. The Morgan fingerprint density at radius 1 is 0.804 bits per heavy atom. The highest BCUT2D eigenvalue weighted by molar-refractivity contribution is 6.05. The SMILES string of the molecule is CCCCCCCCOc1c(OCC=C(C)CCC=C(C)C)c2ccc(NC(=O)c3ccccc3)cc2n(CCCCCC)c1=O. The van der Waals surface area contributed by atoms with Crippen LogP contribution >= 0.6 is 0 Å². The standard InChI is InChI=1S/C40H56N2O4/c1-6-8-10-12-13-18-28-45-38-37(46-29-26-32(5)21-19-20-31(3)4)35-25-24-34(41-39(43)33-22-15-14-16-23-33)30-36(35)42(40(38)44)27-17-11-9-7-2/h14-16,20,22-26,30H,6-13,17-19,21,27-29H2,1-5H3,(H,41,43). The van der Waals surface area contributed by atoms with E-state index < -0.39 is 0 Å². The Balaban J connectivity index is 1.98. The number of aryl methyl sites for hydroxylation is 1. The molecule has 0 aliphatic rings. The van der Waals surface area contributed by atoms with Gasteiger partial charge in [0.1, 0.15) is 6.61 Å². The number of amides is 1. The summed E-state index contributed by atoms with van der Waals surface area (Å²) in [6, 6.07) is 14.9. The van der Waals surface area contributed by atoms with E-state index in [0.717, 1.165) is 62.3 Å². The van der Waals surface area contributed by atoms with Crippen molar-refractivity contribution in [2.24, 2.45) is 0 Å². The average Bonchev–Trinajstić information content (AvgIpc) is 3.05. The molecule has 1 heterocycles. The van der Waals surface area contributed by atoms with E-state index in [2.05, 4.69) is 52.1 Å². The highest BCUT2D eigenvalue weighted by Crippen LogP contribution is 2.35. The zero-order valence-corrected chi connectivity index (χ0v) is 29.0. The maximum Gasteiger partial charge on any atom is 0.297 e. The number of unbranched alkanes of at least 4 members (excludes halogenated alkanes) is 8. The van der Waals surface area contributed by atoms with E-state index in [9.17, 15) is 9.59 Å². The second-order valence-corrected chi connectivity index (χ2v) is 12.5. The van der Waals surface area contributed by atoms with Gasteiger partial charge < -0.3 is 19.4 Å². The van der Waals surface area contributed by atoms with Crippen molar-refractivity contribution < 1.29 is 14.3 Å². The van der Waals surface area contributed by atoms with Crippen LogP contribution in [0.1, 0.15) is 122 Å². The molecule has 0 saturated carbocycles. The molecule has 0 bridgehead atoms. The zero-order chi connectivity index (χ0) is 33.1. The number of ether oxygens (including phenoxy) is 2. The summed E-state index contributed by atoms with van der Waals surface area (Å²) in [5, 5.41) is 3.82. The van der Waals surface area contributed by atoms with Crippen molar-refractivity contribution in [2.75, 3.05) is 18.5 Å². The molecule has 0 saturated heterocycles. The molecule has 0 aliphatic carbocycles. The molecule has 6 nitrogen and oxygen atoms in total. The van der Waals surface area contributed by atoms with Crippen LogP contribution in [0.3, 0.4) is 0 Å². The quantitative estimate of drug-likeness (QED) is 0.0941. The Labute approximate surface area is 276 Å². The van der Waals surface area contributed by atoms with Gasteiger partial charge in [0.15, 0.2) is 5.75 Å². The summed E-state index contributed by atoms with van der Waals surface area (Å²) in [5.41, 5.74) is 4.32. The highest BCUT2D eigenvalue weighted by Gasteiger charge is 2.21. The first kappa shape index (κ1) is 36.7. The molecule has 0 radical (unpaired) electrons. The average molecular weight is 629 g/mol. The van der Waals surface area contributed by atoms with Crippen LogP contribution in [-0.2, 0) is 6.54 Å². The summed E-state index contributed by atoms with van der Waals surface area (Å²) in [6.45, 7) is 12.1. The number of fused-ring (bicyclic) bond motifs is 1. The van der Waals surface area contributed by atoms with Crippen molar-refractivity contribution in [3.8, 4) is 11.5 Å². The van der Waals surface area contributed by atoms with Crippen molar-refractivity contribution in [3.63, 3.8) is 0 Å². The number of carbonyl (C=O) groups is 1. The third kappa shape index (κ3) is 11.9. The predicted molar refractivity (Wildman–Crippen MR) is 194 cm³/mol. The third-order valence-corrected chi connectivity index (χ3v) is 8.20. The molecular formula is C40H56N2O4. The van der Waals surface area contributed by atoms with Gasteiger partial charge in [-0.1, -0.05) is 101 Å². The first-order valence-corrected chi connectivity index (χ1v) is 17.5. The van der Waals surface area contributed by atoms with Crippen LogP contribution < -0.4 is 20.3 Å². The van der Waals surface area contributed by atoms with E-state index in [1.807, 2.05) is 41.0 Å². The highest BCUT2D eigenvalue weighted by atomic mass is 16.5. The number of nitrogens with one attached hydrogen (secondary N) is 1. The summed E-state index contributed by atoms with van der Waals surface area (Å²) in [6.07, 6.45) is 17.3. The molecule has 1 aromatic heterocycles. The van der Waals surface area contributed by atoms with Crippen LogP contribution in [0.4, 0.5) is 5.69 Å². The van der Waals surface area contributed by atoms with Crippen molar-refractivity contribution >= 4 is 22.5 Å². The number of aromatic nitrogens is 1. The van der Waals surface area contributed by atoms with Crippen LogP contribution in [-0.4, -0.2) is 23.7 Å². The van der Waals surface area contributed by atoms with Gasteiger partial charge in [-0.05, 0) is 82.9 Å². The van der Waals surface area contributed by atoms with Crippen LogP contribution in [0, 0.1) is 0 Å². The van der Waals surface area contributed by atoms with Crippen molar-refractivity contribution in [1.29, 1.82) is 0 Å². The molecule has 6 heteroatoms. The van der Waals surface area contributed by atoms with E-state index in [0.29, 0.717) is 36.8 Å². The van der Waals surface area contributed by atoms with E-state index in [1.165, 1.54) is 36.8 Å². The van der Waals surface area contributed by atoms with Gasteiger partial charge in [0.25, 0.3) is 11.5 Å². The van der Waals surface area contributed by atoms with Gasteiger partial charge in [0, 0.05) is 23.2 Å². The van der Waals surface area contributed by atoms with Crippen LogP contribution in [0.5, 0.6) is 11.5 Å². The monoisotopic (exact) mass is 628 g/mol. The minimum atomic E-state index is -0.194. The summed E-state index contributed by atoms with van der Waals surface area (Å²) in [7, 11) is 0. The smallest absolute Gasteiger partial charge is 0.297 e. The Morgan fingerprint density at radius 3 is 2.22 bits per heavy atom. The van der Waals surface area contributed by atoms with E-state index in [4.69, 9.17) is 9.47 Å². The molecule has 0 spiro atoms. The minimum absolute atomic E-state index is 0.180. The van der Waals surface area contributed by atoms with Gasteiger partial charge in [-0.25, -0.2) is 0 Å². The number of rotatable bonds is 21. The van der Waals surface area contributed by atoms with Gasteiger partial charge >= 0.3 is 0 Å². The van der Waals surface area contributed by atoms with Gasteiger partial charge in [-0.3, -0.25) is 9.59 Å². The molecule has 0 unspecified atom stereocenters. The van der Waals surface area contributed by atoms with Crippen molar-refractivity contribution in [3.05, 3.63) is 87.7 Å². The number of nitrogens with zero attached hydrogens (tertiary/aromatic N) is 1. The number of anilines is 1. The van der Waals surface area contributed by atoms with Crippen LogP contribution in [0.2, 0.25) is 0 Å². The lowest BCUT2D eigenvalue weighted by Gasteiger charge is -2.19. The Hall–Kier alpha value is -3.80. The largest absolute Gasteiger partial charge is 0.485 e. The van der Waals surface area contributed by atoms with Crippen molar-refractivity contribution in [1.82, 2.24) is 4.57 Å². The second-order valence-electron chi connectivity index (χ2n) is 12.5. The number of allylic oxidation sites excluding steroid dienone is 3. The fourth-order valence-electron chi connectivity index (χ4n) is 5.47. The van der Waals surface area contributed by atoms with E-state index in [1.54, 1.807) is 12.1 Å². The topological polar surface area (TPSA) is 69.6 Å². The molecule has 0 fully saturated rings. The fraction of sp³-hybridized carbons (Fsp3) is 0.500. The lowest BCUT2D eigenvalue weighted by Crippen LogP contribution is -2.24. The summed E-state index contributed by atoms with van der Waals surface area (Å²) >= 11 is 0. The van der Waals surface area contributed by atoms with Crippen LogP contribution in [0.15, 0.2) is 76.6 Å². The molecule has 0 aliphatic heterocycles. The summed E-state index contributed by atoms with van der Waals surface area (Å²) in [4.78, 5) is 27.2. The van der Waals surface area contributed by atoms with Gasteiger partial charge in [-0.2, -0.15) is 0 Å². The van der Waals surface area contributed by atoms with Gasteiger partial charge in [0.05, 0.1) is 12.1 Å². The number of pyridine rings is 1. The van der Waals surface area contributed by atoms with Crippen LogP contribution in [0.25, 0.3) is 10.9 Å². The third-order valence-electron chi connectivity index (χ3n) is 8.20. The molecular weight excluding hydrogens is 572 g/mol. The minimum Gasteiger partial charge on any atom is -0.485 e. The molecule has 46 heavy (non-hydrogen) atoms. The van der Waals surface area contributed by atoms with Gasteiger partial charge in [0.2, 0.25) is 5.75 Å². The maximum atomic E-state index is 14.2. The number of hydrogen-bond acceptors (Lipinski definition) is 4. The maximum absolute atomic E-state index is 14.2. The summed E-state index contributed by atoms with van der Waals surface area (Å²) in [5.74, 6) is 0.569. The molecule has 2 aromatic carbocycles. The number of carbonyl (C=O) groups excluding carboxylic acids is 1. The lowest BCUT2D eigenvalue weighted by atomic mass is 10.1. The van der Waals surface area contributed by atoms with E-state index >= 15 is 0 Å². The molecule has 3 aromatic rings.